The van der Waals surface area contributed by atoms with Gasteiger partial charge in [-0.2, -0.15) is 13.2 Å². The molecule has 9 heteroatoms. The van der Waals surface area contributed by atoms with Crippen molar-refractivity contribution in [1.29, 1.82) is 0 Å². The van der Waals surface area contributed by atoms with Crippen LogP contribution in [0.4, 0.5) is 17.6 Å². The molecule has 1 heterocycles. The van der Waals surface area contributed by atoms with Crippen molar-refractivity contribution in [1.82, 2.24) is 10.2 Å². The monoisotopic (exact) mass is 396 g/mol. The maximum absolute atomic E-state index is 13.4. The Morgan fingerprint density at radius 3 is 2.68 bits per heavy atom. The second-order valence-corrected chi connectivity index (χ2v) is 6.16. The van der Waals surface area contributed by atoms with Gasteiger partial charge in [-0.3, -0.25) is 9.59 Å². The zero-order chi connectivity index (χ0) is 20.3. The van der Waals surface area contributed by atoms with E-state index in [1.54, 1.807) is 0 Å². The van der Waals surface area contributed by atoms with Crippen LogP contribution in [0.25, 0.3) is 0 Å². The van der Waals surface area contributed by atoms with Crippen LogP contribution in [0.5, 0.6) is 5.75 Å². The summed E-state index contributed by atoms with van der Waals surface area (Å²) >= 11 is 0. The lowest BCUT2D eigenvalue weighted by Gasteiger charge is -2.20. The van der Waals surface area contributed by atoms with E-state index < -0.39 is 29.0 Å². The molecule has 0 saturated carbocycles. The van der Waals surface area contributed by atoms with Crippen molar-refractivity contribution in [2.75, 3.05) is 19.7 Å². The Morgan fingerprint density at radius 1 is 1.18 bits per heavy atom. The number of carbonyl (C=O) groups is 2. The van der Waals surface area contributed by atoms with Gasteiger partial charge in [0.05, 0.1) is 11.1 Å². The zero-order valence-corrected chi connectivity index (χ0v) is 14.6. The predicted octanol–water partition coefficient (Wildman–Crippen LogP) is 3.00. The third kappa shape index (κ3) is 4.41. The highest BCUT2D eigenvalue weighted by molar-refractivity contribution is 5.95. The fourth-order valence-corrected chi connectivity index (χ4v) is 2.87. The Morgan fingerprint density at radius 2 is 1.93 bits per heavy atom. The van der Waals surface area contributed by atoms with E-state index in [1.807, 2.05) is 0 Å². The van der Waals surface area contributed by atoms with E-state index >= 15 is 0 Å². The Bertz CT molecular complexity index is 899. The summed E-state index contributed by atoms with van der Waals surface area (Å²) in [5.74, 6) is -1.35. The van der Waals surface area contributed by atoms with Gasteiger partial charge in [0.1, 0.15) is 11.6 Å². The molecule has 1 aliphatic rings. The summed E-state index contributed by atoms with van der Waals surface area (Å²) in [5.41, 5.74) is -1.05. The maximum Gasteiger partial charge on any atom is 0.417 e. The first-order chi connectivity index (χ1) is 13.3. The van der Waals surface area contributed by atoms with Crippen molar-refractivity contribution in [3.63, 3.8) is 0 Å². The van der Waals surface area contributed by atoms with Crippen molar-refractivity contribution in [2.24, 2.45) is 0 Å². The Labute approximate surface area is 157 Å². The minimum absolute atomic E-state index is 0.0398. The van der Waals surface area contributed by atoms with Crippen molar-refractivity contribution in [3.05, 3.63) is 65.0 Å². The lowest BCUT2D eigenvalue weighted by molar-refractivity contribution is -0.138. The summed E-state index contributed by atoms with van der Waals surface area (Å²) in [4.78, 5) is 25.7. The first-order valence-electron chi connectivity index (χ1n) is 8.39. The lowest BCUT2D eigenvalue weighted by atomic mass is 10.1. The smallest absolute Gasteiger partial charge is 0.417 e. The van der Waals surface area contributed by atoms with Crippen LogP contribution in [-0.4, -0.2) is 36.4 Å². The quantitative estimate of drug-likeness (QED) is 0.809. The van der Waals surface area contributed by atoms with Crippen molar-refractivity contribution in [3.8, 4) is 5.75 Å². The molecule has 0 radical (unpaired) electrons. The van der Waals surface area contributed by atoms with E-state index in [0.717, 1.165) is 12.1 Å². The van der Waals surface area contributed by atoms with Crippen molar-refractivity contribution in [2.45, 2.75) is 12.7 Å². The fraction of sp³-hybridized carbons (Fsp3) is 0.263. The second-order valence-electron chi connectivity index (χ2n) is 6.16. The largest absolute Gasteiger partial charge is 0.483 e. The van der Waals surface area contributed by atoms with Crippen molar-refractivity contribution >= 4 is 11.8 Å². The SMILES string of the molecule is O=C(NCCN1Cc2cc(F)ccc2OCC1=O)c1ccccc1C(F)(F)F. The summed E-state index contributed by atoms with van der Waals surface area (Å²) in [5, 5.41) is 2.39. The van der Waals surface area contributed by atoms with Crippen LogP contribution < -0.4 is 10.1 Å². The van der Waals surface area contributed by atoms with Crippen LogP contribution in [0.2, 0.25) is 0 Å². The number of nitrogens with one attached hydrogen (secondary N) is 1. The Kier molecular flexibility index (Phi) is 5.53. The number of benzene rings is 2. The Balaban J connectivity index is 1.65. The van der Waals surface area contributed by atoms with Crippen LogP contribution >= 0.6 is 0 Å². The van der Waals surface area contributed by atoms with Gasteiger partial charge in [0, 0.05) is 25.2 Å². The summed E-state index contributed by atoms with van der Waals surface area (Å²) in [6, 6.07) is 8.35. The molecule has 0 aromatic heterocycles. The van der Waals surface area contributed by atoms with Crippen molar-refractivity contribution < 1.29 is 31.9 Å². The zero-order valence-electron chi connectivity index (χ0n) is 14.6. The molecule has 28 heavy (non-hydrogen) atoms. The number of rotatable bonds is 4. The highest BCUT2D eigenvalue weighted by Gasteiger charge is 2.34. The highest BCUT2D eigenvalue weighted by Crippen LogP contribution is 2.31. The number of amides is 2. The Hall–Kier alpha value is -3.10. The van der Waals surface area contributed by atoms with Gasteiger partial charge in [-0.1, -0.05) is 12.1 Å². The highest BCUT2D eigenvalue weighted by atomic mass is 19.4. The number of ether oxygens (including phenoxy) is 1. The molecular formula is C19H16F4N2O3. The number of halogens is 4. The summed E-state index contributed by atoms with van der Waals surface area (Å²) < 4.78 is 57.8. The van der Waals surface area contributed by atoms with Gasteiger partial charge in [-0.15, -0.1) is 0 Å². The molecule has 0 spiro atoms. The second kappa shape index (κ2) is 7.87. The molecule has 5 nitrogen and oxygen atoms in total. The van der Waals surface area contributed by atoms with Crippen LogP contribution in [-0.2, 0) is 17.5 Å². The average molecular weight is 396 g/mol. The van der Waals surface area contributed by atoms with Gasteiger partial charge in [0.15, 0.2) is 6.61 Å². The summed E-state index contributed by atoms with van der Waals surface area (Å²) in [6.45, 7) is -0.204. The first-order valence-corrected chi connectivity index (χ1v) is 8.39. The molecule has 1 N–H and O–H groups in total. The third-order valence-electron chi connectivity index (χ3n) is 4.23. The number of carbonyl (C=O) groups excluding carboxylic acids is 2. The molecule has 2 aromatic rings. The fourth-order valence-electron chi connectivity index (χ4n) is 2.87. The molecule has 0 bridgehead atoms. The molecule has 0 atom stereocenters. The minimum Gasteiger partial charge on any atom is -0.483 e. The summed E-state index contributed by atoms with van der Waals surface area (Å²) in [6.07, 6.45) is -4.65. The van der Waals surface area contributed by atoms with E-state index in [-0.39, 0.29) is 32.1 Å². The average Bonchev–Trinajstić information content (AvgIpc) is 2.80. The van der Waals surface area contributed by atoms with E-state index in [9.17, 15) is 27.2 Å². The van der Waals surface area contributed by atoms with Crippen LogP contribution in [0.15, 0.2) is 42.5 Å². The molecule has 0 saturated heterocycles. The third-order valence-corrected chi connectivity index (χ3v) is 4.23. The van der Waals surface area contributed by atoms with Crippen LogP contribution in [0, 0.1) is 5.82 Å². The molecular weight excluding hydrogens is 380 g/mol. The van der Waals surface area contributed by atoms with E-state index in [4.69, 9.17) is 4.74 Å². The number of hydrogen-bond acceptors (Lipinski definition) is 3. The molecule has 2 aromatic carbocycles. The summed E-state index contributed by atoms with van der Waals surface area (Å²) in [7, 11) is 0. The van der Waals surface area contributed by atoms with Crippen LogP contribution in [0.3, 0.4) is 0 Å². The van der Waals surface area contributed by atoms with Gasteiger partial charge in [0.2, 0.25) is 0 Å². The van der Waals surface area contributed by atoms with Gasteiger partial charge in [0.25, 0.3) is 11.8 Å². The molecule has 0 aliphatic carbocycles. The minimum atomic E-state index is -4.65. The molecule has 3 rings (SSSR count). The standard InChI is InChI=1S/C19H16F4N2O3/c20-13-5-6-16-12(9-13)10-25(17(26)11-28-16)8-7-24-18(27)14-3-1-2-4-15(14)19(21,22)23/h1-6,9H,7-8,10-11H2,(H,24,27). The topological polar surface area (TPSA) is 58.6 Å². The predicted molar refractivity (Wildman–Crippen MR) is 91.1 cm³/mol. The van der Waals surface area contributed by atoms with E-state index in [2.05, 4.69) is 5.32 Å². The lowest BCUT2D eigenvalue weighted by Crippen LogP contribution is -2.39. The molecule has 148 valence electrons. The molecule has 2 amide bonds. The van der Waals surface area contributed by atoms with E-state index in [0.29, 0.717) is 11.3 Å². The first kappa shape index (κ1) is 19.7. The van der Waals surface area contributed by atoms with Gasteiger partial charge in [-0.25, -0.2) is 4.39 Å². The van der Waals surface area contributed by atoms with Gasteiger partial charge < -0.3 is 15.0 Å². The van der Waals surface area contributed by atoms with Gasteiger partial charge >= 0.3 is 6.18 Å². The maximum atomic E-state index is 13.4. The van der Waals surface area contributed by atoms with Gasteiger partial charge in [-0.05, 0) is 30.3 Å². The van der Waals surface area contributed by atoms with E-state index in [1.165, 1.54) is 35.2 Å². The molecule has 0 fully saturated rings. The normalized spacial score (nSPS) is 14.1. The molecule has 1 aliphatic heterocycles. The van der Waals surface area contributed by atoms with Crippen LogP contribution in [0.1, 0.15) is 21.5 Å². The molecule has 0 unspecified atom stereocenters. The number of fused-ring (bicyclic) bond motifs is 1. The number of hydrogen-bond donors (Lipinski definition) is 1. The number of nitrogens with zero attached hydrogens (tertiary/aromatic N) is 1. The number of alkyl halides is 3.